The van der Waals surface area contributed by atoms with Gasteiger partial charge < -0.3 is 11.1 Å². The van der Waals surface area contributed by atoms with Crippen LogP contribution in [-0.2, 0) is 0 Å². The number of nitrogens with two attached hydrogens (primary N) is 1. The van der Waals surface area contributed by atoms with Gasteiger partial charge in [0.05, 0.1) is 0 Å². The Bertz CT molecular complexity index is 239. The molecule has 0 saturated heterocycles. The molecule has 0 aliphatic heterocycles. The van der Waals surface area contributed by atoms with Crippen LogP contribution in [0.3, 0.4) is 0 Å². The van der Waals surface area contributed by atoms with Crippen molar-refractivity contribution in [2.45, 2.75) is 9.88 Å². The summed E-state index contributed by atoms with van der Waals surface area (Å²) in [5, 5.41) is 2.41. The molecule has 0 atom stereocenters. The Kier molecular flexibility index (Phi) is 7.48. The molecule has 0 aliphatic rings. The van der Waals surface area contributed by atoms with Crippen LogP contribution in [0.5, 0.6) is 0 Å². The number of benzene rings is 1. The Morgan fingerprint density at radius 1 is 1.62 bits per heavy atom. The van der Waals surface area contributed by atoms with E-state index in [0.717, 1.165) is 0 Å². The molecule has 1 aromatic rings. The van der Waals surface area contributed by atoms with Gasteiger partial charge in [-0.1, -0.05) is 12.1 Å². The van der Waals surface area contributed by atoms with Gasteiger partial charge in [0.25, 0.3) is 0 Å². The number of amides is 2. The summed E-state index contributed by atoms with van der Waals surface area (Å²) in [6.07, 6.45) is 0. The normalized spacial score (nSPS) is 8.15. The number of hydrogen-bond acceptors (Lipinski definition) is 1. The molecule has 2 amide bonds. The van der Waals surface area contributed by atoms with Crippen molar-refractivity contribution >= 4 is 32.9 Å². The Balaban J connectivity index is 0.000000424. The van der Waals surface area contributed by atoms with Crippen molar-refractivity contribution in [3.63, 3.8) is 0 Å². The molecule has 0 bridgehead atoms. The molecule has 69 valence electrons. The van der Waals surface area contributed by atoms with Crippen LogP contribution in [-0.4, -0.2) is 27.2 Å². The van der Waals surface area contributed by atoms with Gasteiger partial charge in [0, 0.05) is 5.69 Å². The fraction of sp³-hybridized carbons (Fsp3) is 0.222. The zero-order chi connectivity index (χ0) is 10.1. The van der Waals surface area contributed by atoms with Crippen LogP contribution in [0.1, 0.15) is 0 Å². The third kappa shape index (κ3) is 7.64. The number of hydrogen-bond donors (Lipinski definition) is 2. The third-order valence-corrected chi connectivity index (χ3v) is 0.975. The molecule has 0 heterocycles. The van der Waals surface area contributed by atoms with E-state index in [9.17, 15) is 4.79 Å². The van der Waals surface area contributed by atoms with Gasteiger partial charge >= 0.3 is 37.1 Å². The first kappa shape index (κ1) is 12.3. The van der Waals surface area contributed by atoms with Gasteiger partial charge in [0.2, 0.25) is 0 Å². The molecular formula is C9H13N2OSn. The SMILES string of the molecule is NC(=O)Nc1c[c]ccc1.[CH3][Sn][CH3]. The zero-order valence-electron chi connectivity index (χ0n) is 7.79. The predicted octanol–water partition coefficient (Wildman–Crippen LogP) is 1.76. The zero-order valence-corrected chi connectivity index (χ0v) is 10.6. The Morgan fingerprint density at radius 2 is 2.23 bits per heavy atom. The molecule has 3 nitrogen and oxygen atoms in total. The maximum absolute atomic E-state index is 10.3. The predicted molar refractivity (Wildman–Crippen MR) is 56.0 cm³/mol. The van der Waals surface area contributed by atoms with Crippen molar-refractivity contribution in [3.8, 4) is 0 Å². The van der Waals surface area contributed by atoms with E-state index in [4.69, 9.17) is 5.73 Å². The Hall–Kier alpha value is -0.711. The van der Waals surface area contributed by atoms with Crippen molar-refractivity contribution in [1.82, 2.24) is 0 Å². The van der Waals surface area contributed by atoms with Gasteiger partial charge in [-0.15, -0.1) is 0 Å². The van der Waals surface area contributed by atoms with Crippen molar-refractivity contribution in [2.24, 2.45) is 5.73 Å². The van der Waals surface area contributed by atoms with E-state index in [2.05, 4.69) is 21.3 Å². The van der Waals surface area contributed by atoms with E-state index in [0.29, 0.717) is 5.69 Å². The summed E-state index contributed by atoms with van der Waals surface area (Å²) >= 11 is 0.230. The number of anilines is 1. The monoisotopic (exact) mass is 285 g/mol. The van der Waals surface area contributed by atoms with Gasteiger partial charge in [-0.05, 0) is 18.2 Å². The first-order chi connectivity index (χ1) is 6.20. The van der Waals surface area contributed by atoms with Crippen LogP contribution in [0.4, 0.5) is 10.5 Å². The number of rotatable bonds is 1. The molecule has 0 unspecified atom stereocenters. The van der Waals surface area contributed by atoms with E-state index >= 15 is 0 Å². The van der Waals surface area contributed by atoms with Crippen molar-refractivity contribution in [1.29, 1.82) is 0 Å². The third-order valence-electron chi connectivity index (χ3n) is 0.975. The van der Waals surface area contributed by atoms with Crippen molar-refractivity contribution in [3.05, 3.63) is 30.3 Å². The number of carbonyl (C=O) groups is 1. The molecule has 0 saturated carbocycles. The number of primary amides is 1. The average molecular weight is 284 g/mol. The molecular weight excluding hydrogens is 271 g/mol. The van der Waals surface area contributed by atoms with Gasteiger partial charge in [-0.2, -0.15) is 0 Å². The molecule has 3 N–H and O–H groups in total. The fourth-order valence-electron chi connectivity index (χ4n) is 0.613. The molecule has 0 aliphatic carbocycles. The van der Waals surface area contributed by atoms with E-state index in [-0.39, 0.29) is 21.1 Å². The average Bonchev–Trinajstić information content (AvgIpc) is 2.06. The molecule has 3 radical (unpaired) electrons. The van der Waals surface area contributed by atoms with Crippen LogP contribution in [0.25, 0.3) is 0 Å². The maximum atomic E-state index is 10.3. The summed E-state index contributed by atoms with van der Waals surface area (Å²) in [7, 11) is 0. The first-order valence-electron chi connectivity index (χ1n) is 3.81. The molecule has 0 fully saturated rings. The van der Waals surface area contributed by atoms with Crippen LogP contribution < -0.4 is 11.1 Å². The number of urea groups is 1. The standard InChI is InChI=1S/C7H7N2O.2CH3.Sn/c8-7(10)9-6-4-2-1-3-5-6;;;/h1-2,4-5H,(H3,8,9,10);2*1H3;. The quantitative estimate of drug-likeness (QED) is 0.758. The second-order valence-corrected chi connectivity index (χ2v) is 5.14. The van der Waals surface area contributed by atoms with Crippen LogP contribution in [0, 0.1) is 6.07 Å². The van der Waals surface area contributed by atoms with E-state index in [1.165, 1.54) is 0 Å². The topological polar surface area (TPSA) is 55.1 Å². The van der Waals surface area contributed by atoms with Crippen molar-refractivity contribution < 1.29 is 4.79 Å². The van der Waals surface area contributed by atoms with Gasteiger partial charge in [-0.25, -0.2) is 4.79 Å². The molecule has 1 aromatic carbocycles. The Labute approximate surface area is 88.9 Å². The van der Waals surface area contributed by atoms with Crippen LogP contribution in [0.15, 0.2) is 24.3 Å². The van der Waals surface area contributed by atoms with Gasteiger partial charge in [0.15, 0.2) is 0 Å². The van der Waals surface area contributed by atoms with Crippen molar-refractivity contribution in [2.75, 3.05) is 5.32 Å². The molecule has 0 spiro atoms. The number of nitrogens with one attached hydrogen (secondary N) is 1. The summed E-state index contributed by atoms with van der Waals surface area (Å²) in [6.45, 7) is 0. The van der Waals surface area contributed by atoms with Gasteiger partial charge in [-0.3, -0.25) is 0 Å². The van der Waals surface area contributed by atoms with E-state index < -0.39 is 6.03 Å². The molecule has 0 aromatic heterocycles. The molecule has 4 heteroatoms. The number of carbonyl (C=O) groups excluding carboxylic acids is 1. The molecule has 13 heavy (non-hydrogen) atoms. The molecule has 1 rings (SSSR count). The summed E-state index contributed by atoms with van der Waals surface area (Å²) in [5.74, 6) is 0. The minimum absolute atomic E-state index is 0.230. The second-order valence-electron chi connectivity index (χ2n) is 2.28. The van der Waals surface area contributed by atoms with E-state index in [1.807, 2.05) is 0 Å². The minimum atomic E-state index is -0.556. The summed E-state index contributed by atoms with van der Waals surface area (Å²) < 4.78 is 0. The summed E-state index contributed by atoms with van der Waals surface area (Å²) in [5.41, 5.74) is 5.52. The Morgan fingerprint density at radius 3 is 2.62 bits per heavy atom. The van der Waals surface area contributed by atoms with Gasteiger partial charge in [0.1, 0.15) is 0 Å². The summed E-state index contributed by atoms with van der Waals surface area (Å²) in [4.78, 5) is 14.9. The summed E-state index contributed by atoms with van der Waals surface area (Å²) in [6, 6.07) is 9.13. The van der Waals surface area contributed by atoms with Crippen LogP contribution >= 0.6 is 0 Å². The van der Waals surface area contributed by atoms with E-state index in [1.54, 1.807) is 24.3 Å². The fourth-order valence-corrected chi connectivity index (χ4v) is 0.613. The first-order valence-corrected chi connectivity index (χ1v) is 9.52. The second kappa shape index (κ2) is 7.91. The van der Waals surface area contributed by atoms with Crippen LogP contribution in [0.2, 0.25) is 9.88 Å².